The Balaban J connectivity index is 2.06. The van der Waals surface area contributed by atoms with Gasteiger partial charge in [0.15, 0.2) is 0 Å². The number of amides is 1. The molecule has 130 valence electrons. The molecule has 4 heteroatoms. The van der Waals surface area contributed by atoms with E-state index in [9.17, 15) is 4.79 Å². The fraction of sp³-hybridized carbons (Fsp3) is 0.632. The molecule has 0 saturated heterocycles. The summed E-state index contributed by atoms with van der Waals surface area (Å²) in [4.78, 5) is 13.7. The zero-order chi connectivity index (χ0) is 16.8. The lowest BCUT2D eigenvalue weighted by Crippen LogP contribution is -2.14. The van der Waals surface area contributed by atoms with Crippen LogP contribution in [0.3, 0.4) is 0 Å². The van der Waals surface area contributed by atoms with Crippen molar-refractivity contribution >= 4 is 17.7 Å². The van der Waals surface area contributed by atoms with E-state index < -0.39 is 0 Å². The Labute approximate surface area is 145 Å². The van der Waals surface area contributed by atoms with Gasteiger partial charge >= 0.3 is 0 Å². The van der Waals surface area contributed by atoms with Crippen molar-refractivity contribution < 1.29 is 9.53 Å². The fourth-order valence-corrected chi connectivity index (χ4v) is 2.70. The first-order valence-corrected chi connectivity index (χ1v) is 9.30. The summed E-state index contributed by atoms with van der Waals surface area (Å²) in [5, 5.41) is 0. The first-order chi connectivity index (χ1) is 11.3. The molecule has 0 aliphatic carbocycles. The molecule has 0 aliphatic rings. The number of rotatable bonds is 13. The second-order valence-electron chi connectivity index (χ2n) is 5.95. The highest BCUT2D eigenvalue weighted by Gasteiger charge is 2.10. The molecule has 1 aromatic carbocycles. The fourth-order valence-electron chi connectivity index (χ4n) is 2.60. The second kappa shape index (κ2) is 13.2. The van der Waals surface area contributed by atoms with Gasteiger partial charge in [0, 0.05) is 11.8 Å². The SMILES string of the molecule is CCCCCCCCCCCCOc1ccccc1C(=O)NCl. The quantitative estimate of drug-likeness (QED) is 0.360. The number of halogens is 1. The van der Waals surface area contributed by atoms with E-state index in [1.54, 1.807) is 18.2 Å². The molecular formula is C19H30ClNO2. The maximum Gasteiger partial charge on any atom is 0.269 e. The van der Waals surface area contributed by atoms with Gasteiger partial charge in [-0.2, -0.15) is 0 Å². The van der Waals surface area contributed by atoms with Gasteiger partial charge in [0.05, 0.1) is 12.2 Å². The molecule has 0 heterocycles. The van der Waals surface area contributed by atoms with Crippen LogP contribution >= 0.6 is 11.8 Å². The van der Waals surface area contributed by atoms with Gasteiger partial charge in [-0.3, -0.25) is 9.63 Å². The third-order valence-electron chi connectivity index (χ3n) is 3.97. The number of unbranched alkanes of at least 4 members (excludes halogenated alkanes) is 9. The van der Waals surface area contributed by atoms with Crippen molar-refractivity contribution in [3.63, 3.8) is 0 Å². The van der Waals surface area contributed by atoms with Gasteiger partial charge in [-0.1, -0.05) is 76.8 Å². The molecule has 1 amide bonds. The molecule has 23 heavy (non-hydrogen) atoms. The molecule has 0 fully saturated rings. The van der Waals surface area contributed by atoms with E-state index in [1.165, 1.54) is 57.8 Å². The van der Waals surface area contributed by atoms with Crippen molar-refractivity contribution in [3.8, 4) is 5.75 Å². The molecule has 0 aliphatic heterocycles. The summed E-state index contributed by atoms with van der Waals surface area (Å²) >= 11 is 5.38. The minimum absolute atomic E-state index is 0.328. The molecular weight excluding hydrogens is 310 g/mol. The molecule has 0 saturated carbocycles. The monoisotopic (exact) mass is 339 g/mol. The third-order valence-corrected chi connectivity index (χ3v) is 4.14. The molecule has 0 bridgehead atoms. The lowest BCUT2D eigenvalue weighted by Gasteiger charge is -2.10. The van der Waals surface area contributed by atoms with E-state index in [2.05, 4.69) is 11.8 Å². The number of ether oxygens (including phenoxy) is 1. The summed E-state index contributed by atoms with van der Waals surface area (Å²) < 4.78 is 5.71. The highest BCUT2D eigenvalue weighted by Crippen LogP contribution is 2.18. The summed E-state index contributed by atoms with van der Waals surface area (Å²) in [6.45, 7) is 2.89. The highest BCUT2D eigenvalue weighted by atomic mass is 35.5. The Kier molecular flexibility index (Phi) is 11.4. The van der Waals surface area contributed by atoms with Crippen molar-refractivity contribution in [2.24, 2.45) is 0 Å². The van der Waals surface area contributed by atoms with Crippen molar-refractivity contribution in [3.05, 3.63) is 29.8 Å². The van der Waals surface area contributed by atoms with Crippen LogP contribution in [-0.4, -0.2) is 12.5 Å². The number of hydrogen-bond acceptors (Lipinski definition) is 2. The van der Waals surface area contributed by atoms with Crippen LogP contribution in [0.5, 0.6) is 5.75 Å². The van der Waals surface area contributed by atoms with E-state index in [-0.39, 0.29) is 5.91 Å². The van der Waals surface area contributed by atoms with Crippen LogP contribution in [0.1, 0.15) is 81.5 Å². The van der Waals surface area contributed by atoms with Gasteiger partial charge in [0.25, 0.3) is 5.91 Å². The summed E-state index contributed by atoms with van der Waals surface area (Å²) in [7, 11) is 0. The molecule has 3 nitrogen and oxygen atoms in total. The number of para-hydroxylation sites is 1. The van der Waals surface area contributed by atoms with E-state index in [1.807, 2.05) is 6.07 Å². The average Bonchev–Trinajstić information content (AvgIpc) is 2.59. The Morgan fingerprint density at radius 2 is 1.52 bits per heavy atom. The van der Waals surface area contributed by atoms with Crippen LogP contribution in [0.25, 0.3) is 0 Å². The van der Waals surface area contributed by atoms with Gasteiger partial charge in [0.1, 0.15) is 5.75 Å². The molecule has 0 unspecified atom stereocenters. The molecule has 1 rings (SSSR count). The zero-order valence-electron chi connectivity index (χ0n) is 14.3. The minimum Gasteiger partial charge on any atom is -0.493 e. The summed E-state index contributed by atoms with van der Waals surface area (Å²) in [5.41, 5.74) is 0.481. The number of carbonyl (C=O) groups excluding carboxylic acids is 1. The molecule has 0 aromatic heterocycles. The normalized spacial score (nSPS) is 10.5. The van der Waals surface area contributed by atoms with Gasteiger partial charge in [0.2, 0.25) is 0 Å². The number of nitrogens with one attached hydrogen (secondary N) is 1. The number of benzene rings is 1. The van der Waals surface area contributed by atoms with Crippen LogP contribution in [0.15, 0.2) is 24.3 Å². The minimum atomic E-state index is -0.328. The van der Waals surface area contributed by atoms with E-state index >= 15 is 0 Å². The lowest BCUT2D eigenvalue weighted by molar-refractivity contribution is 0.0977. The second-order valence-corrected chi connectivity index (χ2v) is 6.14. The predicted octanol–water partition coefficient (Wildman–Crippen LogP) is 5.87. The average molecular weight is 340 g/mol. The lowest BCUT2D eigenvalue weighted by atomic mass is 10.1. The molecule has 0 spiro atoms. The number of hydrogen-bond donors (Lipinski definition) is 1. The van der Waals surface area contributed by atoms with E-state index in [0.717, 1.165) is 6.42 Å². The standard InChI is InChI=1S/C19H30ClNO2/c1-2-3-4-5-6-7-8-9-10-13-16-23-18-15-12-11-14-17(18)19(22)21-20/h11-12,14-15H,2-10,13,16H2,1H3,(H,21,22). The van der Waals surface area contributed by atoms with Crippen molar-refractivity contribution in [1.82, 2.24) is 4.84 Å². The van der Waals surface area contributed by atoms with E-state index in [4.69, 9.17) is 16.5 Å². The molecule has 1 N–H and O–H groups in total. The van der Waals surface area contributed by atoms with E-state index in [0.29, 0.717) is 17.9 Å². The Morgan fingerprint density at radius 3 is 2.13 bits per heavy atom. The first-order valence-electron chi connectivity index (χ1n) is 8.92. The Hall–Kier alpha value is -1.22. The topological polar surface area (TPSA) is 38.3 Å². The van der Waals surface area contributed by atoms with Crippen LogP contribution < -0.4 is 9.57 Å². The third kappa shape index (κ3) is 8.85. The summed E-state index contributed by atoms with van der Waals surface area (Å²) in [6, 6.07) is 7.18. The van der Waals surface area contributed by atoms with Gasteiger partial charge in [-0.25, -0.2) is 0 Å². The molecule has 0 radical (unpaired) electrons. The van der Waals surface area contributed by atoms with Crippen LogP contribution in [0.4, 0.5) is 0 Å². The van der Waals surface area contributed by atoms with Crippen LogP contribution in [0.2, 0.25) is 0 Å². The molecule has 1 aromatic rings. The van der Waals surface area contributed by atoms with Gasteiger partial charge in [-0.15, -0.1) is 0 Å². The van der Waals surface area contributed by atoms with Crippen molar-refractivity contribution in [2.75, 3.05) is 6.61 Å². The summed E-state index contributed by atoms with van der Waals surface area (Å²) in [5.74, 6) is 0.270. The number of carbonyl (C=O) groups is 1. The van der Waals surface area contributed by atoms with Crippen LogP contribution in [0, 0.1) is 0 Å². The maximum atomic E-state index is 11.6. The van der Waals surface area contributed by atoms with Crippen molar-refractivity contribution in [1.29, 1.82) is 0 Å². The smallest absolute Gasteiger partial charge is 0.269 e. The maximum absolute atomic E-state index is 11.6. The largest absolute Gasteiger partial charge is 0.493 e. The Morgan fingerprint density at radius 1 is 0.957 bits per heavy atom. The van der Waals surface area contributed by atoms with Crippen molar-refractivity contribution in [2.45, 2.75) is 71.1 Å². The first kappa shape index (κ1) is 19.8. The Bertz CT molecular complexity index is 437. The highest BCUT2D eigenvalue weighted by molar-refractivity contribution is 6.24. The summed E-state index contributed by atoms with van der Waals surface area (Å²) in [6.07, 6.45) is 13.0. The molecule has 0 atom stereocenters. The van der Waals surface area contributed by atoms with Crippen LogP contribution in [-0.2, 0) is 0 Å². The predicted molar refractivity (Wildman–Crippen MR) is 97.1 cm³/mol. The van der Waals surface area contributed by atoms with Gasteiger partial charge < -0.3 is 4.74 Å². The van der Waals surface area contributed by atoms with Gasteiger partial charge in [-0.05, 0) is 18.6 Å². The zero-order valence-corrected chi connectivity index (χ0v) is 15.0.